The molecule has 9 heteroatoms. The average Bonchev–Trinajstić information content (AvgIpc) is 2.89. The van der Waals surface area contributed by atoms with E-state index in [-0.39, 0.29) is 42.0 Å². The minimum absolute atomic E-state index is 0. The van der Waals surface area contributed by atoms with Crippen LogP contribution in [0.4, 0.5) is 5.69 Å². The lowest BCUT2D eigenvalue weighted by molar-refractivity contribution is -0.121. The molecule has 0 fully saturated rings. The third-order valence-electron chi connectivity index (χ3n) is 3.87. The first kappa shape index (κ1) is 26.3. The number of ether oxygens (including phenoxy) is 3. The van der Waals surface area contributed by atoms with Gasteiger partial charge in [-0.15, -0.1) is 24.0 Å². The summed E-state index contributed by atoms with van der Waals surface area (Å²) < 4.78 is 16.8. The lowest BCUT2D eigenvalue weighted by Gasteiger charge is -2.20. The second-order valence-corrected chi connectivity index (χ2v) is 7.78. The van der Waals surface area contributed by atoms with Gasteiger partial charge in [-0.2, -0.15) is 0 Å². The van der Waals surface area contributed by atoms with Crippen molar-refractivity contribution in [2.75, 3.05) is 44.8 Å². The van der Waals surface area contributed by atoms with E-state index in [2.05, 4.69) is 20.9 Å². The molecule has 0 aromatic heterocycles. The minimum Gasteiger partial charge on any atom is -0.490 e. The standard InChI is InChI=1S/C21H34N4O4.HI/c1-5-27-11-6-10-22-20(23-15-19(26)25-21(2,3)4)24-16-8-9-17-18(14-16)29-13-7-12-28-17;/h8-9,14H,5-7,10-13,15H2,1-4H3,(H,25,26)(H2,22,23,24);1H. The number of anilines is 1. The predicted octanol–water partition coefficient (Wildman–Crippen LogP) is 3.16. The van der Waals surface area contributed by atoms with Gasteiger partial charge in [-0.25, -0.2) is 4.99 Å². The Balaban J connectivity index is 0.00000450. The highest BCUT2D eigenvalue weighted by Gasteiger charge is 2.14. The summed E-state index contributed by atoms with van der Waals surface area (Å²) in [7, 11) is 0. The van der Waals surface area contributed by atoms with Gasteiger partial charge in [0, 0.05) is 43.5 Å². The van der Waals surface area contributed by atoms with E-state index in [1.807, 2.05) is 45.9 Å². The Bertz CT molecular complexity index is 692. The zero-order chi connectivity index (χ0) is 21.1. The van der Waals surface area contributed by atoms with Crippen molar-refractivity contribution in [3.8, 4) is 11.5 Å². The molecule has 170 valence electrons. The maximum absolute atomic E-state index is 12.1. The van der Waals surface area contributed by atoms with Crippen molar-refractivity contribution in [2.24, 2.45) is 4.99 Å². The van der Waals surface area contributed by atoms with Gasteiger partial charge in [0.05, 0.1) is 13.2 Å². The van der Waals surface area contributed by atoms with E-state index >= 15 is 0 Å². The summed E-state index contributed by atoms with van der Waals surface area (Å²) in [5, 5.41) is 9.40. The van der Waals surface area contributed by atoms with Crippen molar-refractivity contribution in [1.82, 2.24) is 10.6 Å². The van der Waals surface area contributed by atoms with E-state index in [1.165, 1.54) is 0 Å². The van der Waals surface area contributed by atoms with Gasteiger partial charge in [-0.3, -0.25) is 4.79 Å². The van der Waals surface area contributed by atoms with Crippen LogP contribution in [0.25, 0.3) is 0 Å². The Morgan fingerprint density at radius 2 is 1.93 bits per heavy atom. The number of hydrogen-bond donors (Lipinski definition) is 3. The highest BCUT2D eigenvalue weighted by molar-refractivity contribution is 14.0. The Hall–Kier alpha value is -1.75. The number of guanidine groups is 1. The van der Waals surface area contributed by atoms with E-state index in [9.17, 15) is 4.79 Å². The van der Waals surface area contributed by atoms with Crippen LogP contribution in [0.5, 0.6) is 11.5 Å². The zero-order valence-electron chi connectivity index (χ0n) is 18.4. The van der Waals surface area contributed by atoms with Crippen LogP contribution in [0.1, 0.15) is 40.5 Å². The lowest BCUT2D eigenvalue weighted by Crippen LogP contribution is -2.42. The van der Waals surface area contributed by atoms with E-state index in [0.29, 0.717) is 44.7 Å². The summed E-state index contributed by atoms with van der Waals surface area (Å²) in [6.07, 6.45) is 1.69. The summed E-state index contributed by atoms with van der Waals surface area (Å²) >= 11 is 0. The monoisotopic (exact) mass is 534 g/mol. The van der Waals surface area contributed by atoms with Crippen LogP contribution in [0.2, 0.25) is 0 Å². The van der Waals surface area contributed by atoms with Crippen molar-refractivity contribution in [3.05, 3.63) is 18.2 Å². The van der Waals surface area contributed by atoms with E-state index in [4.69, 9.17) is 14.2 Å². The summed E-state index contributed by atoms with van der Waals surface area (Å²) in [5.74, 6) is 1.83. The molecule has 0 bridgehead atoms. The van der Waals surface area contributed by atoms with Gasteiger partial charge in [0.25, 0.3) is 0 Å². The van der Waals surface area contributed by atoms with Gasteiger partial charge in [0.1, 0.15) is 6.54 Å². The van der Waals surface area contributed by atoms with Gasteiger partial charge in [-0.1, -0.05) is 0 Å². The van der Waals surface area contributed by atoms with Crippen molar-refractivity contribution in [3.63, 3.8) is 0 Å². The SMILES string of the molecule is CCOCCCNC(=NCC(=O)NC(C)(C)C)Nc1ccc2c(c1)OCCCO2.I. The number of aliphatic imine (C=N–C) groups is 1. The number of carbonyl (C=O) groups excluding carboxylic acids is 1. The van der Waals surface area contributed by atoms with Crippen molar-refractivity contribution < 1.29 is 19.0 Å². The van der Waals surface area contributed by atoms with Crippen LogP contribution in [-0.2, 0) is 9.53 Å². The van der Waals surface area contributed by atoms with Crippen LogP contribution in [-0.4, -0.2) is 56.9 Å². The quantitative estimate of drug-likeness (QED) is 0.206. The average molecular weight is 534 g/mol. The second kappa shape index (κ2) is 13.5. The summed E-state index contributed by atoms with van der Waals surface area (Å²) in [5.41, 5.74) is 0.515. The topological polar surface area (TPSA) is 93.2 Å². The molecule has 1 heterocycles. The van der Waals surface area contributed by atoms with Crippen LogP contribution in [0, 0.1) is 0 Å². The van der Waals surface area contributed by atoms with Crippen LogP contribution in [0.15, 0.2) is 23.2 Å². The number of carbonyl (C=O) groups is 1. The zero-order valence-corrected chi connectivity index (χ0v) is 20.7. The molecule has 30 heavy (non-hydrogen) atoms. The largest absolute Gasteiger partial charge is 0.490 e. The van der Waals surface area contributed by atoms with E-state index in [0.717, 1.165) is 24.3 Å². The van der Waals surface area contributed by atoms with Crippen molar-refractivity contribution in [2.45, 2.75) is 46.1 Å². The number of fused-ring (bicyclic) bond motifs is 1. The number of nitrogens with zero attached hydrogens (tertiary/aromatic N) is 1. The summed E-state index contributed by atoms with van der Waals surface area (Å²) in [6, 6.07) is 5.66. The number of rotatable bonds is 8. The Morgan fingerprint density at radius 3 is 2.63 bits per heavy atom. The third-order valence-corrected chi connectivity index (χ3v) is 3.87. The molecule has 0 atom stereocenters. The highest BCUT2D eigenvalue weighted by Crippen LogP contribution is 2.32. The molecule has 1 amide bonds. The van der Waals surface area contributed by atoms with Crippen LogP contribution < -0.4 is 25.4 Å². The van der Waals surface area contributed by atoms with Gasteiger partial charge >= 0.3 is 0 Å². The first-order valence-electron chi connectivity index (χ1n) is 10.2. The Morgan fingerprint density at radius 1 is 1.20 bits per heavy atom. The number of amides is 1. The molecule has 0 radical (unpaired) electrons. The molecule has 0 unspecified atom stereocenters. The molecule has 3 N–H and O–H groups in total. The molecule has 1 aliphatic heterocycles. The molecule has 0 spiro atoms. The molecule has 0 aliphatic carbocycles. The molecule has 1 aromatic rings. The Labute approximate surface area is 196 Å². The normalized spacial score (nSPS) is 13.7. The molecular formula is C21H35IN4O4. The maximum Gasteiger partial charge on any atom is 0.242 e. The second-order valence-electron chi connectivity index (χ2n) is 7.78. The third kappa shape index (κ3) is 10.3. The van der Waals surface area contributed by atoms with Crippen molar-refractivity contribution >= 4 is 41.5 Å². The first-order valence-corrected chi connectivity index (χ1v) is 10.2. The minimum atomic E-state index is -0.292. The summed E-state index contributed by atoms with van der Waals surface area (Å²) in [6.45, 7) is 11.2. The van der Waals surface area contributed by atoms with Crippen molar-refractivity contribution in [1.29, 1.82) is 0 Å². The molecule has 0 saturated carbocycles. The molecule has 1 aliphatic rings. The smallest absolute Gasteiger partial charge is 0.242 e. The fourth-order valence-electron chi connectivity index (χ4n) is 2.65. The van der Waals surface area contributed by atoms with Gasteiger partial charge in [-0.05, 0) is 46.2 Å². The van der Waals surface area contributed by atoms with E-state index < -0.39 is 0 Å². The first-order chi connectivity index (χ1) is 13.9. The number of hydrogen-bond acceptors (Lipinski definition) is 5. The van der Waals surface area contributed by atoms with Gasteiger partial charge < -0.3 is 30.2 Å². The van der Waals surface area contributed by atoms with Crippen LogP contribution >= 0.6 is 24.0 Å². The molecule has 2 rings (SSSR count). The Kier molecular flexibility index (Phi) is 11.9. The van der Waals surface area contributed by atoms with Crippen LogP contribution in [0.3, 0.4) is 0 Å². The molecule has 8 nitrogen and oxygen atoms in total. The fraction of sp³-hybridized carbons (Fsp3) is 0.619. The number of nitrogens with one attached hydrogen (secondary N) is 3. The fourth-order valence-corrected chi connectivity index (χ4v) is 2.65. The number of benzene rings is 1. The molecule has 0 saturated heterocycles. The van der Waals surface area contributed by atoms with Gasteiger partial charge in [0.15, 0.2) is 17.5 Å². The maximum atomic E-state index is 12.1. The molecular weight excluding hydrogens is 499 g/mol. The number of halogens is 1. The highest BCUT2D eigenvalue weighted by atomic mass is 127. The van der Waals surface area contributed by atoms with E-state index in [1.54, 1.807) is 0 Å². The lowest BCUT2D eigenvalue weighted by atomic mass is 10.1. The molecule has 1 aromatic carbocycles. The van der Waals surface area contributed by atoms with Gasteiger partial charge in [0.2, 0.25) is 5.91 Å². The summed E-state index contributed by atoms with van der Waals surface area (Å²) in [4.78, 5) is 16.6. The predicted molar refractivity (Wildman–Crippen MR) is 130 cm³/mol.